The molecule has 1 aromatic carbocycles. The van der Waals surface area contributed by atoms with Crippen molar-refractivity contribution in [2.45, 2.75) is 38.3 Å². The number of piperidine rings is 2. The highest BCUT2D eigenvalue weighted by Gasteiger charge is 2.40. The zero-order chi connectivity index (χ0) is 22.0. The quantitative estimate of drug-likeness (QED) is 0.488. The Morgan fingerprint density at radius 2 is 2.06 bits per heavy atom. The minimum absolute atomic E-state index is 0.288. The summed E-state index contributed by atoms with van der Waals surface area (Å²) in [4.78, 5) is 21.0. The molecular formula is C22H23ClN8O. The second kappa shape index (κ2) is 7.25. The number of methoxy groups -OCH3 is 1. The molecule has 5 heterocycles. The van der Waals surface area contributed by atoms with Gasteiger partial charge >= 0.3 is 0 Å². The van der Waals surface area contributed by atoms with Crippen molar-refractivity contribution in [3.63, 3.8) is 0 Å². The van der Waals surface area contributed by atoms with Crippen LogP contribution in [-0.4, -0.2) is 55.9 Å². The summed E-state index contributed by atoms with van der Waals surface area (Å²) >= 11 is 6.74. The van der Waals surface area contributed by atoms with E-state index < -0.39 is 0 Å². The van der Waals surface area contributed by atoms with Crippen molar-refractivity contribution >= 4 is 39.6 Å². The molecule has 1 saturated carbocycles. The van der Waals surface area contributed by atoms with Gasteiger partial charge in [0.2, 0.25) is 11.5 Å². The van der Waals surface area contributed by atoms with Crippen molar-refractivity contribution in [3.8, 4) is 17.1 Å². The third-order valence-electron chi connectivity index (χ3n) is 6.81. The highest BCUT2D eigenvalue weighted by Crippen LogP contribution is 2.39. The number of nitrogens with two attached hydrogens (primary N) is 1. The summed E-state index contributed by atoms with van der Waals surface area (Å²) in [6, 6.07) is 4.48. The third kappa shape index (κ3) is 2.91. The zero-order valence-corrected chi connectivity index (χ0v) is 18.6. The van der Waals surface area contributed by atoms with Crippen LogP contribution in [0, 0.1) is 12.8 Å². The van der Waals surface area contributed by atoms with Gasteiger partial charge in [0.15, 0.2) is 5.82 Å². The average Bonchev–Trinajstić information content (AvgIpc) is 3.21. The van der Waals surface area contributed by atoms with Gasteiger partial charge in [-0.1, -0.05) is 11.6 Å². The molecule has 32 heavy (non-hydrogen) atoms. The van der Waals surface area contributed by atoms with Crippen molar-refractivity contribution in [2.75, 3.05) is 18.6 Å². The van der Waals surface area contributed by atoms with Crippen LogP contribution in [0.4, 0.5) is 5.82 Å². The molecule has 1 aliphatic carbocycles. The molecule has 7 rings (SSSR count). The maximum atomic E-state index is 6.74. The van der Waals surface area contributed by atoms with Crippen LogP contribution >= 0.6 is 11.6 Å². The largest absolute Gasteiger partial charge is 0.480 e. The Balaban J connectivity index is 1.44. The molecule has 0 spiro atoms. The van der Waals surface area contributed by atoms with Crippen LogP contribution in [0.5, 0.6) is 5.88 Å². The second-order valence-electron chi connectivity index (χ2n) is 8.65. The summed E-state index contributed by atoms with van der Waals surface area (Å²) in [5.74, 6) is 1.82. The first-order chi connectivity index (χ1) is 15.5. The number of H-pyrrole nitrogens is 1. The third-order valence-corrected chi connectivity index (χ3v) is 7.19. The molecule has 2 saturated heterocycles. The number of hydrogen-bond acceptors (Lipinski definition) is 8. The number of hydrogen-bond donors (Lipinski definition) is 2. The number of nitrogens with one attached hydrogen (secondary N) is 1. The molecule has 0 radical (unpaired) electrons. The topological polar surface area (TPSA) is 119 Å². The standard InChI is InChI=1S/C22H23ClN8O/c1-10-22(31-9-11-3-4-12(31)7-14(11)24)28-21-20(26-10)18(29-30-21)13-5-6-15-19(17(13)23)27-16(32-2)8-25-15/h5-6,8,11-12,14H,3-4,7,9,24H2,1-2H3,(H,28,29,30)/t11-,12-,14+/m1/s1. The first-order valence-electron chi connectivity index (χ1n) is 10.8. The molecular weight excluding hydrogens is 428 g/mol. The van der Waals surface area contributed by atoms with E-state index in [1.165, 1.54) is 6.42 Å². The van der Waals surface area contributed by atoms with Crippen molar-refractivity contribution < 1.29 is 4.74 Å². The first-order valence-corrected chi connectivity index (χ1v) is 11.2. The van der Waals surface area contributed by atoms with E-state index in [1.807, 2.05) is 19.1 Å². The molecule has 3 aromatic heterocycles. The first kappa shape index (κ1) is 19.6. The number of fused-ring (bicyclic) bond motifs is 5. The molecule has 2 aliphatic heterocycles. The molecule has 0 amide bonds. The van der Waals surface area contributed by atoms with Gasteiger partial charge in [-0.05, 0) is 44.2 Å². The van der Waals surface area contributed by atoms with Gasteiger partial charge in [-0.15, -0.1) is 0 Å². The number of benzene rings is 1. The van der Waals surface area contributed by atoms with Crippen LogP contribution in [0.3, 0.4) is 0 Å². The summed E-state index contributed by atoms with van der Waals surface area (Å²) in [7, 11) is 1.55. The van der Waals surface area contributed by atoms with Gasteiger partial charge in [-0.3, -0.25) is 5.10 Å². The Labute approximate surface area is 189 Å². The average molecular weight is 451 g/mol. The maximum Gasteiger partial charge on any atom is 0.232 e. The van der Waals surface area contributed by atoms with Crippen molar-refractivity contribution in [1.29, 1.82) is 0 Å². The summed E-state index contributed by atoms with van der Waals surface area (Å²) in [6.07, 6.45) is 4.92. The van der Waals surface area contributed by atoms with Gasteiger partial charge in [0.1, 0.15) is 11.0 Å². The zero-order valence-electron chi connectivity index (χ0n) is 17.8. The number of aryl methyl sites for hydroxylation is 1. The maximum absolute atomic E-state index is 6.74. The van der Waals surface area contributed by atoms with Gasteiger partial charge in [0.05, 0.1) is 35.2 Å². The minimum atomic E-state index is 0.288. The lowest BCUT2D eigenvalue weighted by Gasteiger charge is -2.49. The van der Waals surface area contributed by atoms with E-state index in [9.17, 15) is 0 Å². The van der Waals surface area contributed by atoms with Crippen LogP contribution in [0.25, 0.3) is 33.5 Å². The Kier molecular flexibility index (Phi) is 4.44. The van der Waals surface area contributed by atoms with Crippen LogP contribution < -0.4 is 15.4 Å². The summed E-state index contributed by atoms with van der Waals surface area (Å²) in [5.41, 5.74) is 11.1. The van der Waals surface area contributed by atoms with Crippen LogP contribution in [0.2, 0.25) is 5.02 Å². The molecule has 3 aliphatic rings. The van der Waals surface area contributed by atoms with Gasteiger partial charge in [-0.25, -0.2) is 19.9 Å². The second-order valence-corrected chi connectivity index (χ2v) is 9.03. The number of halogens is 1. The molecule has 10 heteroatoms. The Morgan fingerprint density at radius 3 is 2.81 bits per heavy atom. The van der Waals surface area contributed by atoms with E-state index in [0.717, 1.165) is 36.5 Å². The smallest absolute Gasteiger partial charge is 0.232 e. The lowest BCUT2D eigenvalue weighted by atomic mass is 9.76. The van der Waals surface area contributed by atoms with Gasteiger partial charge in [0.25, 0.3) is 0 Å². The van der Waals surface area contributed by atoms with Crippen LogP contribution in [0.1, 0.15) is 25.0 Å². The Bertz CT molecular complexity index is 1360. The molecule has 3 atom stereocenters. The number of aromatic amines is 1. The number of aromatic nitrogens is 6. The molecule has 4 aromatic rings. The SMILES string of the molecule is COc1cnc2ccc(-c3[nH]nc4nc(N5C[C@H]6CC[C@@H]5C[C@@H]6N)c(C)nc34)c(Cl)c2n1. The Hall–Kier alpha value is -3.04. The molecule has 9 nitrogen and oxygen atoms in total. The molecule has 0 unspecified atom stereocenters. The van der Waals surface area contributed by atoms with Gasteiger partial charge in [0, 0.05) is 24.2 Å². The predicted octanol–water partition coefficient (Wildman–Crippen LogP) is 3.25. The molecule has 3 N–H and O–H groups in total. The van der Waals surface area contributed by atoms with E-state index in [-0.39, 0.29) is 6.04 Å². The highest BCUT2D eigenvalue weighted by molar-refractivity contribution is 6.38. The van der Waals surface area contributed by atoms with E-state index in [1.54, 1.807) is 13.3 Å². The summed E-state index contributed by atoms with van der Waals surface area (Å²) in [5, 5.41) is 8.00. The molecule has 164 valence electrons. The van der Waals surface area contributed by atoms with Crippen molar-refractivity contribution in [3.05, 3.63) is 29.0 Å². The molecule has 2 bridgehead atoms. The normalized spacial score (nSPS) is 22.8. The van der Waals surface area contributed by atoms with Crippen molar-refractivity contribution in [2.24, 2.45) is 11.7 Å². The van der Waals surface area contributed by atoms with E-state index >= 15 is 0 Å². The van der Waals surface area contributed by atoms with Gasteiger partial charge in [-0.2, -0.15) is 5.10 Å². The lowest BCUT2D eigenvalue weighted by Crippen LogP contribution is -2.57. The number of rotatable bonds is 3. The van der Waals surface area contributed by atoms with Crippen LogP contribution in [-0.2, 0) is 0 Å². The highest BCUT2D eigenvalue weighted by atomic mass is 35.5. The fourth-order valence-electron chi connectivity index (χ4n) is 5.11. The fraction of sp³-hybridized carbons (Fsp3) is 0.409. The number of nitrogens with zero attached hydrogens (tertiary/aromatic N) is 6. The number of anilines is 1. The fourth-order valence-corrected chi connectivity index (χ4v) is 5.40. The molecule has 3 fully saturated rings. The Morgan fingerprint density at radius 1 is 1.19 bits per heavy atom. The number of ether oxygens (including phenoxy) is 1. The summed E-state index contributed by atoms with van der Waals surface area (Å²) < 4.78 is 5.20. The van der Waals surface area contributed by atoms with Crippen LogP contribution in [0.15, 0.2) is 18.3 Å². The predicted molar refractivity (Wildman–Crippen MR) is 123 cm³/mol. The monoisotopic (exact) mass is 450 g/mol. The lowest BCUT2D eigenvalue weighted by molar-refractivity contribution is 0.215. The van der Waals surface area contributed by atoms with Crippen molar-refractivity contribution in [1.82, 2.24) is 30.1 Å². The van der Waals surface area contributed by atoms with Gasteiger partial charge < -0.3 is 15.4 Å². The summed E-state index contributed by atoms with van der Waals surface area (Å²) in [6.45, 7) is 2.93. The minimum Gasteiger partial charge on any atom is -0.480 e. The van der Waals surface area contributed by atoms with E-state index in [4.69, 9.17) is 32.0 Å². The van der Waals surface area contributed by atoms with E-state index in [0.29, 0.717) is 50.8 Å². The van der Waals surface area contributed by atoms with E-state index in [2.05, 4.69) is 25.1 Å².